The summed E-state index contributed by atoms with van der Waals surface area (Å²) in [5, 5.41) is 10.0. The third kappa shape index (κ3) is 2.78. The van der Waals surface area contributed by atoms with E-state index >= 15 is 0 Å². The highest BCUT2D eigenvalue weighted by Gasteiger charge is 2.20. The van der Waals surface area contributed by atoms with Crippen molar-refractivity contribution in [3.63, 3.8) is 0 Å². The molecule has 0 amide bonds. The van der Waals surface area contributed by atoms with Gasteiger partial charge in [-0.2, -0.15) is 0 Å². The van der Waals surface area contributed by atoms with Crippen LogP contribution in [0.1, 0.15) is 49.6 Å². The van der Waals surface area contributed by atoms with E-state index in [9.17, 15) is 5.11 Å². The number of nitrogens with zero attached hydrogens (tertiary/aromatic N) is 1. The first-order chi connectivity index (χ1) is 7.25. The molecule has 0 saturated heterocycles. The zero-order valence-electron chi connectivity index (χ0n) is 9.32. The van der Waals surface area contributed by atoms with E-state index in [0.29, 0.717) is 5.92 Å². The van der Waals surface area contributed by atoms with Crippen LogP contribution >= 0.6 is 0 Å². The summed E-state index contributed by atoms with van der Waals surface area (Å²) in [5.74, 6) is 0.710. The molecule has 0 bridgehead atoms. The first-order valence-corrected chi connectivity index (χ1v) is 5.87. The Kier molecular flexibility index (Phi) is 3.37. The van der Waals surface area contributed by atoms with Crippen molar-refractivity contribution in [2.45, 2.75) is 45.1 Å². The third-order valence-electron chi connectivity index (χ3n) is 3.28. The Bertz CT molecular complexity index is 318. The highest BCUT2D eigenvalue weighted by Crippen LogP contribution is 2.32. The molecular formula is C13H19NO. The number of pyridine rings is 1. The Morgan fingerprint density at radius 3 is 2.80 bits per heavy atom. The molecule has 2 heteroatoms. The SMILES string of the molecule is Cc1cccc(C(O)CC2CCCC2)n1. The molecule has 1 fully saturated rings. The highest BCUT2D eigenvalue weighted by molar-refractivity contribution is 5.12. The molecule has 1 N–H and O–H groups in total. The van der Waals surface area contributed by atoms with Gasteiger partial charge in [0, 0.05) is 5.69 Å². The van der Waals surface area contributed by atoms with Gasteiger partial charge in [0.25, 0.3) is 0 Å². The Hall–Kier alpha value is -0.890. The lowest BCUT2D eigenvalue weighted by Gasteiger charge is -2.15. The van der Waals surface area contributed by atoms with E-state index in [2.05, 4.69) is 4.98 Å². The molecule has 15 heavy (non-hydrogen) atoms. The van der Waals surface area contributed by atoms with Crippen molar-refractivity contribution < 1.29 is 5.11 Å². The standard InChI is InChI=1S/C13H19NO/c1-10-5-4-8-12(14-10)13(15)9-11-6-2-3-7-11/h4-5,8,11,13,15H,2-3,6-7,9H2,1H3. The first-order valence-electron chi connectivity index (χ1n) is 5.87. The van der Waals surface area contributed by atoms with Gasteiger partial charge in [-0.1, -0.05) is 31.7 Å². The summed E-state index contributed by atoms with van der Waals surface area (Å²) in [7, 11) is 0. The maximum absolute atomic E-state index is 10.0. The zero-order chi connectivity index (χ0) is 10.7. The number of aryl methyl sites for hydroxylation is 1. The summed E-state index contributed by atoms with van der Waals surface area (Å²) >= 11 is 0. The van der Waals surface area contributed by atoms with E-state index in [1.54, 1.807) is 0 Å². The second kappa shape index (κ2) is 4.75. The van der Waals surface area contributed by atoms with Crippen LogP contribution in [0.3, 0.4) is 0 Å². The van der Waals surface area contributed by atoms with E-state index in [-0.39, 0.29) is 6.10 Å². The average molecular weight is 205 g/mol. The van der Waals surface area contributed by atoms with E-state index in [0.717, 1.165) is 17.8 Å². The van der Waals surface area contributed by atoms with Crippen LogP contribution in [-0.4, -0.2) is 10.1 Å². The van der Waals surface area contributed by atoms with Gasteiger partial charge in [-0.25, -0.2) is 0 Å². The van der Waals surface area contributed by atoms with Crippen molar-refractivity contribution in [2.75, 3.05) is 0 Å². The van der Waals surface area contributed by atoms with Crippen LogP contribution < -0.4 is 0 Å². The summed E-state index contributed by atoms with van der Waals surface area (Å²) in [6.45, 7) is 1.96. The Morgan fingerprint density at radius 2 is 2.13 bits per heavy atom. The first kappa shape index (κ1) is 10.6. The summed E-state index contributed by atoms with van der Waals surface area (Å²) < 4.78 is 0. The molecule has 1 aromatic rings. The van der Waals surface area contributed by atoms with Gasteiger partial charge < -0.3 is 5.11 Å². The molecule has 1 heterocycles. The molecule has 1 saturated carbocycles. The largest absolute Gasteiger partial charge is 0.387 e. The van der Waals surface area contributed by atoms with E-state index in [1.165, 1.54) is 25.7 Å². The molecule has 1 aliphatic carbocycles. The number of aliphatic hydroxyl groups is 1. The van der Waals surface area contributed by atoms with Gasteiger partial charge >= 0.3 is 0 Å². The Balaban J connectivity index is 1.97. The van der Waals surface area contributed by atoms with Crippen LogP contribution in [0.2, 0.25) is 0 Å². The van der Waals surface area contributed by atoms with Gasteiger partial charge in [-0.3, -0.25) is 4.98 Å². The second-order valence-electron chi connectivity index (χ2n) is 4.61. The van der Waals surface area contributed by atoms with E-state index in [1.807, 2.05) is 25.1 Å². The minimum absolute atomic E-state index is 0.368. The molecule has 82 valence electrons. The third-order valence-corrected chi connectivity index (χ3v) is 3.28. The maximum Gasteiger partial charge on any atom is 0.0962 e. The predicted molar refractivity (Wildman–Crippen MR) is 60.5 cm³/mol. The van der Waals surface area contributed by atoms with Crippen LogP contribution in [0.5, 0.6) is 0 Å². The molecule has 0 aromatic carbocycles. The molecule has 1 unspecified atom stereocenters. The van der Waals surface area contributed by atoms with E-state index in [4.69, 9.17) is 0 Å². The van der Waals surface area contributed by atoms with Crippen molar-refractivity contribution in [3.8, 4) is 0 Å². The Morgan fingerprint density at radius 1 is 1.40 bits per heavy atom. The molecule has 2 rings (SSSR count). The average Bonchev–Trinajstić information content (AvgIpc) is 2.70. The number of aromatic nitrogens is 1. The fourth-order valence-electron chi connectivity index (χ4n) is 2.43. The number of rotatable bonds is 3. The van der Waals surface area contributed by atoms with Crippen molar-refractivity contribution >= 4 is 0 Å². The molecule has 0 aliphatic heterocycles. The van der Waals surface area contributed by atoms with Crippen LogP contribution in [0.4, 0.5) is 0 Å². The van der Waals surface area contributed by atoms with Gasteiger partial charge in [0.1, 0.15) is 0 Å². The number of hydrogen-bond acceptors (Lipinski definition) is 2. The molecule has 0 radical (unpaired) electrons. The van der Waals surface area contributed by atoms with Crippen LogP contribution in [0.25, 0.3) is 0 Å². The fourth-order valence-corrected chi connectivity index (χ4v) is 2.43. The van der Waals surface area contributed by atoms with Crippen LogP contribution in [0, 0.1) is 12.8 Å². The van der Waals surface area contributed by atoms with Gasteiger partial charge in [0.05, 0.1) is 11.8 Å². The van der Waals surface area contributed by atoms with Gasteiger partial charge in [0.15, 0.2) is 0 Å². The lowest BCUT2D eigenvalue weighted by molar-refractivity contribution is 0.140. The second-order valence-corrected chi connectivity index (χ2v) is 4.61. The van der Waals surface area contributed by atoms with Gasteiger partial charge in [-0.05, 0) is 31.4 Å². The smallest absolute Gasteiger partial charge is 0.0962 e. The minimum Gasteiger partial charge on any atom is -0.387 e. The number of aliphatic hydroxyl groups excluding tert-OH is 1. The van der Waals surface area contributed by atoms with Crippen molar-refractivity contribution in [1.29, 1.82) is 0 Å². The van der Waals surface area contributed by atoms with Gasteiger partial charge in [0.2, 0.25) is 0 Å². The summed E-state index contributed by atoms with van der Waals surface area (Å²) in [5.41, 5.74) is 1.82. The van der Waals surface area contributed by atoms with Crippen LogP contribution in [-0.2, 0) is 0 Å². The zero-order valence-corrected chi connectivity index (χ0v) is 9.32. The minimum atomic E-state index is -0.368. The lowest BCUT2D eigenvalue weighted by atomic mass is 9.98. The fraction of sp³-hybridized carbons (Fsp3) is 0.615. The Labute approximate surface area is 91.4 Å². The van der Waals surface area contributed by atoms with Crippen LogP contribution in [0.15, 0.2) is 18.2 Å². The maximum atomic E-state index is 10.0. The lowest BCUT2D eigenvalue weighted by Crippen LogP contribution is -2.06. The monoisotopic (exact) mass is 205 g/mol. The molecular weight excluding hydrogens is 186 g/mol. The van der Waals surface area contributed by atoms with Crippen molar-refractivity contribution in [1.82, 2.24) is 4.98 Å². The normalized spacial score (nSPS) is 19.3. The highest BCUT2D eigenvalue weighted by atomic mass is 16.3. The number of hydrogen-bond donors (Lipinski definition) is 1. The molecule has 2 nitrogen and oxygen atoms in total. The molecule has 1 aromatic heterocycles. The molecule has 1 atom stereocenters. The van der Waals surface area contributed by atoms with Gasteiger partial charge in [-0.15, -0.1) is 0 Å². The predicted octanol–water partition coefficient (Wildman–Crippen LogP) is 3.00. The summed E-state index contributed by atoms with van der Waals surface area (Å²) in [6, 6.07) is 5.86. The van der Waals surface area contributed by atoms with E-state index < -0.39 is 0 Å². The topological polar surface area (TPSA) is 33.1 Å². The molecule has 0 spiro atoms. The summed E-state index contributed by atoms with van der Waals surface area (Å²) in [4.78, 5) is 4.37. The van der Waals surface area contributed by atoms with Crippen molar-refractivity contribution in [2.24, 2.45) is 5.92 Å². The summed E-state index contributed by atoms with van der Waals surface area (Å²) in [6.07, 6.45) is 5.74. The van der Waals surface area contributed by atoms with Crippen molar-refractivity contribution in [3.05, 3.63) is 29.6 Å². The quantitative estimate of drug-likeness (QED) is 0.822. The molecule has 1 aliphatic rings.